The Morgan fingerprint density at radius 3 is 2.57 bits per heavy atom. The highest BCUT2D eigenvalue weighted by Crippen LogP contribution is 2.29. The maximum atomic E-state index is 12.3. The summed E-state index contributed by atoms with van der Waals surface area (Å²) in [6.45, 7) is 3.58. The molecule has 2 aromatic carbocycles. The number of amides is 1. The lowest BCUT2D eigenvalue weighted by molar-refractivity contribution is -0.274. The largest absolute Gasteiger partial charge is 0.573 e. The van der Waals surface area contributed by atoms with Crippen LogP contribution in [0.25, 0.3) is 21.9 Å². The summed E-state index contributed by atoms with van der Waals surface area (Å²) in [6.07, 6.45) is -1.95. The van der Waals surface area contributed by atoms with Gasteiger partial charge in [0, 0.05) is 30.5 Å². The third kappa shape index (κ3) is 6.48. The molecule has 2 heterocycles. The van der Waals surface area contributed by atoms with Gasteiger partial charge in [-0.2, -0.15) is 0 Å². The van der Waals surface area contributed by atoms with Gasteiger partial charge in [-0.25, -0.2) is 9.97 Å². The highest BCUT2D eigenvalue weighted by atomic mass is 19.4. The summed E-state index contributed by atoms with van der Waals surface area (Å²) in [5, 5.41) is 3.66. The lowest BCUT2D eigenvalue weighted by Crippen LogP contribution is -2.27. The predicted octanol–water partition coefficient (Wildman–Crippen LogP) is 4.85. The summed E-state index contributed by atoms with van der Waals surface area (Å²) in [4.78, 5) is 21.5. The van der Waals surface area contributed by atoms with Crippen molar-refractivity contribution in [3.05, 3.63) is 59.9 Å². The molecule has 0 aliphatic heterocycles. The highest BCUT2D eigenvalue weighted by molar-refractivity contribution is 6.06. The van der Waals surface area contributed by atoms with Crippen LogP contribution in [0.5, 0.6) is 5.75 Å². The van der Waals surface area contributed by atoms with Gasteiger partial charge in [0.15, 0.2) is 5.82 Å². The van der Waals surface area contributed by atoms with E-state index in [9.17, 15) is 18.0 Å². The van der Waals surface area contributed by atoms with Gasteiger partial charge in [-0.3, -0.25) is 4.79 Å². The summed E-state index contributed by atoms with van der Waals surface area (Å²) in [5.41, 5.74) is 8.87. The van der Waals surface area contributed by atoms with Crippen molar-refractivity contribution in [3.8, 4) is 5.75 Å². The summed E-state index contributed by atoms with van der Waals surface area (Å²) in [7, 11) is 0. The fraction of sp³-hybridized carbons (Fsp3) is 0.346. The second kappa shape index (κ2) is 11.5. The minimum Gasteiger partial charge on any atom is -0.406 e. The van der Waals surface area contributed by atoms with E-state index in [2.05, 4.69) is 26.5 Å². The van der Waals surface area contributed by atoms with Crippen molar-refractivity contribution in [3.63, 3.8) is 0 Å². The fourth-order valence-electron chi connectivity index (χ4n) is 4.08. The SMILES string of the molecule is CCCCc1nc2c(N)nc3ccccc3c2n1CCOCCNC(=O)c1ccc(OC(F)(F)F)cc1. The molecule has 11 heteroatoms. The normalized spacial score (nSPS) is 11.8. The molecule has 0 saturated carbocycles. The number of fused-ring (bicyclic) bond motifs is 3. The average molecular weight is 516 g/mol. The van der Waals surface area contributed by atoms with Gasteiger partial charge in [0.2, 0.25) is 0 Å². The first kappa shape index (κ1) is 26.2. The number of nitrogens with two attached hydrogens (primary N) is 1. The van der Waals surface area contributed by atoms with Gasteiger partial charge >= 0.3 is 6.36 Å². The molecule has 0 aliphatic carbocycles. The first-order valence-electron chi connectivity index (χ1n) is 12.0. The van der Waals surface area contributed by atoms with E-state index in [1.807, 2.05) is 24.3 Å². The number of carbonyl (C=O) groups is 1. The third-order valence-electron chi connectivity index (χ3n) is 5.78. The van der Waals surface area contributed by atoms with Crippen molar-refractivity contribution >= 4 is 33.7 Å². The summed E-state index contributed by atoms with van der Waals surface area (Å²) >= 11 is 0. The number of ether oxygens (including phenoxy) is 2. The van der Waals surface area contributed by atoms with Gasteiger partial charge in [-0.1, -0.05) is 31.5 Å². The molecule has 3 N–H and O–H groups in total. The Bertz CT molecular complexity index is 1370. The molecular weight excluding hydrogens is 487 g/mol. The van der Waals surface area contributed by atoms with Gasteiger partial charge in [0.1, 0.15) is 17.1 Å². The van der Waals surface area contributed by atoms with Crippen LogP contribution in [0, 0.1) is 0 Å². The van der Waals surface area contributed by atoms with E-state index in [1.54, 1.807) is 0 Å². The maximum absolute atomic E-state index is 12.3. The number of nitrogens with one attached hydrogen (secondary N) is 1. The van der Waals surface area contributed by atoms with Crippen LogP contribution < -0.4 is 15.8 Å². The van der Waals surface area contributed by atoms with Gasteiger partial charge < -0.3 is 25.1 Å². The number of aromatic nitrogens is 3. The molecule has 0 unspecified atom stereocenters. The van der Waals surface area contributed by atoms with Crippen LogP contribution in [0.4, 0.5) is 19.0 Å². The number of benzene rings is 2. The topological polar surface area (TPSA) is 104 Å². The molecule has 37 heavy (non-hydrogen) atoms. The van der Waals surface area contributed by atoms with E-state index in [0.29, 0.717) is 24.5 Å². The Kier molecular flexibility index (Phi) is 8.12. The second-order valence-electron chi connectivity index (χ2n) is 8.44. The Morgan fingerprint density at radius 2 is 1.84 bits per heavy atom. The number of carbonyl (C=O) groups excluding carboxylic acids is 1. The molecule has 4 rings (SSSR count). The van der Waals surface area contributed by atoms with Gasteiger partial charge in [0.25, 0.3) is 5.91 Å². The zero-order chi connectivity index (χ0) is 26.4. The number of unbranched alkanes of at least 4 members (excludes halogenated alkanes) is 1. The minimum absolute atomic E-state index is 0.220. The number of nitrogen functional groups attached to an aromatic ring is 1. The van der Waals surface area contributed by atoms with Crippen LogP contribution in [-0.2, 0) is 17.7 Å². The second-order valence-corrected chi connectivity index (χ2v) is 8.44. The van der Waals surface area contributed by atoms with Crippen molar-refractivity contribution in [2.24, 2.45) is 0 Å². The summed E-state index contributed by atoms with van der Waals surface area (Å²) in [5.74, 6) is 0.519. The molecule has 0 atom stereocenters. The standard InChI is InChI=1S/C26H28F3N5O3/c1-2-3-8-21-33-22-23(19-6-4-5-7-20(19)32-24(22)30)34(21)14-16-36-15-13-31-25(35)17-9-11-18(12-10-17)37-26(27,28)29/h4-7,9-12H,2-3,8,13-16H2,1H3,(H2,30,32)(H,31,35). The molecule has 0 fully saturated rings. The minimum atomic E-state index is -4.78. The monoisotopic (exact) mass is 515 g/mol. The van der Waals surface area contributed by atoms with E-state index in [4.69, 9.17) is 15.5 Å². The van der Waals surface area contributed by atoms with Crippen molar-refractivity contribution in [1.29, 1.82) is 0 Å². The van der Waals surface area contributed by atoms with Crippen LogP contribution in [0.3, 0.4) is 0 Å². The lowest BCUT2D eigenvalue weighted by Gasteiger charge is -2.12. The average Bonchev–Trinajstić information content (AvgIpc) is 3.23. The number of anilines is 1. The lowest BCUT2D eigenvalue weighted by atomic mass is 10.2. The van der Waals surface area contributed by atoms with E-state index >= 15 is 0 Å². The molecule has 8 nitrogen and oxygen atoms in total. The number of pyridine rings is 1. The number of para-hydroxylation sites is 1. The number of imidazole rings is 1. The van der Waals surface area contributed by atoms with Crippen LogP contribution in [0.2, 0.25) is 0 Å². The van der Waals surface area contributed by atoms with Gasteiger partial charge in [-0.15, -0.1) is 13.2 Å². The van der Waals surface area contributed by atoms with Crippen molar-refractivity contribution < 1.29 is 27.4 Å². The first-order valence-corrected chi connectivity index (χ1v) is 12.0. The summed E-state index contributed by atoms with van der Waals surface area (Å²) in [6, 6.07) is 12.5. The number of halogens is 3. The van der Waals surface area contributed by atoms with Crippen LogP contribution in [-0.4, -0.2) is 46.6 Å². The Balaban J connectivity index is 1.35. The van der Waals surface area contributed by atoms with Crippen LogP contribution >= 0.6 is 0 Å². The van der Waals surface area contributed by atoms with Crippen molar-refractivity contribution in [2.75, 3.05) is 25.5 Å². The molecule has 0 bridgehead atoms. The maximum Gasteiger partial charge on any atom is 0.573 e. The number of aryl methyl sites for hydroxylation is 1. The molecule has 0 aliphatic rings. The Morgan fingerprint density at radius 1 is 1.08 bits per heavy atom. The molecule has 4 aromatic rings. The number of hydrogen-bond acceptors (Lipinski definition) is 6. The van der Waals surface area contributed by atoms with E-state index < -0.39 is 12.3 Å². The third-order valence-corrected chi connectivity index (χ3v) is 5.78. The molecule has 196 valence electrons. The van der Waals surface area contributed by atoms with Gasteiger partial charge in [0.05, 0.1) is 24.2 Å². The van der Waals surface area contributed by atoms with Crippen LogP contribution in [0.15, 0.2) is 48.5 Å². The van der Waals surface area contributed by atoms with E-state index in [-0.39, 0.29) is 24.5 Å². The Hall–Kier alpha value is -3.86. The quantitative estimate of drug-likeness (QED) is 0.277. The highest BCUT2D eigenvalue weighted by Gasteiger charge is 2.31. The number of hydrogen-bond donors (Lipinski definition) is 2. The molecule has 1 amide bonds. The predicted molar refractivity (Wildman–Crippen MR) is 134 cm³/mol. The van der Waals surface area contributed by atoms with E-state index in [0.717, 1.165) is 53.6 Å². The van der Waals surface area contributed by atoms with Crippen LogP contribution in [0.1, 0.15) is 35.9 Å². The smallest absolute Gasteiger partial charge is 0.406 e. The number of alkyl halides is 3. The Labute approximate surface area is 211 Å². The first-order chi connectivity index (χ1) is 17.8. The molecule has 0 radical (unpaired) electrons. The molecule has 0 saturated heterocycles. The molecular formula is C26H28F3N5O3. The van der Waals surface area contributed by atoms with Gasteiger partial charge in [-0.05, 0) is 36.8 Å². The van der Waals surface area contributed by atoms with Crippen molar-refractivity contribution in [1.82, 2.24) is 19.9 Å². The fourth-order valence-corrected chi connectivity index (χ4v) is 4.08. The van der Waals surface area contributed by atoms with E-state index in [1.165, 1.54) is 12.1 Å². The number of rotatable bonds is 11. The molecule has 0 spiro atoms. The molecule has 2 aromatic heterocycles. The van der Waals surface area contributed by atoms with Crippen molar-refractivity contribution in [2.45, 2.75) is 39.1 Å². The summed E-state index contributed by atoms with van der Waals surface area (Å²) < 4.78 is 48.5. The zero-order valence-corrected chi connectivity index (χ0v) is 20.3. The number of nitrogens with zero attached hydrogens (tertiary/aromatic N) is 3. The zero-order valence-electron chi connectivity index (χ0n) is 20.3.